The fraction of sp³-hybridized carbons (Fsp3) is 0.579. The van der Waals surface area contributed by atoms with Gasteiger partial charge >= 0.3 is 41.5 Å². The summed E-state index contributed by atoms with van der Waals surface area (Å²) in [5.41, 5.74) is 0. The van der Waals surface area contributed by atoms with Crippen LogP contribution in [-0.2, 0) is 14.3 Å². The van der Waals surface area contributed by atoms with Gasteiger partial charge in [0.05, 0.1) is 19.4 Å². The number of hydrogen-bond donors (Lipinski definition) is 0. The van der Waals surface area contributed by atoms with Gasteiger partial charge in [0.1, 0.15) is 5.75 Å². The number of benzene rings is 1. The first-order chi connectivity index (χ1) is 11.2. The van der Waals surface area contributed by atoms with Crippen molar-refractivity contribution in [3.63, 3.8) is 0 Å². The van der Waals surface area contributed by atoms with E-state index in [1.165, 1.54) is 32.1 Å². The van der Waals surface area contributed by atoms with Crippen LogP contribution in [0.4, 0.5) is 0 Å². The van der Waals surface area contributed by atoms with E-state index in [-0.39, 0.29) is 49.8 Å². The van der Waals surface area contributed by atoms with Crippen molar-refractivity contribution in [1.29, 1.82) is 0 Å². The maximum Gasteiger partial charge on any atom is 1.00 e. The first kappa shape index (κ1) is 23.2. The molecule has 0 radical (unpaired) electrons. The van der Waals surface area contributed by atoms with Gasteiger partial charge in [-0.2, -0.15) is 0 Å². The van der Waals surface area contributed by atoms with Gasteiger partial charge in [-0.3, -0.25) is 9.59 Å². The summed E-state index contributed by atoms with van der Waals surface area (Å²) in [6.45, 7) is 2.65. The number of esters is 2. The summed E-state index contributed by atoms with van der Waals surface area (Å²) >= 11 is 0. The van der Waals surface area contributed by atoms with E-state index in [1.54, 1.807) is 24.3 Å². The van der Waals surface area contributed by atoms with Crippen LogP contribution in [0.5, 0.6) is 5.75 Å². The van der Waals surface area contributed by atoms with E-state index in [1.807, 2.05) is 6.07 Å². The molecule has 24 heavy (non-hydrogen) atoms. The molecule has 0 aliphatic carbocycles. The molecule has 0 saturated carbocycles. The Bertz CT molecular complexity index is 454. The molecule has 0 atom stereocenters. The summed E-state index contributed by atoms with van der Waals surface area (Å²) in [5, 5.41) is 0. The zero-order valence-corrected chi connectivity index (χ0v) is 17.1. The SMILES string of the molecule is CCCCCCCCCOC(=O)CCC(=O)Oc1ccccc1.[H-].[Na+]. The molecular formula is C19H29NaO4. The second kappa shape index (κ2) is 15.7. The number of hydrogen-bond acceptors (Lipinski definition) is 4. The standard InChI is InChI=1S/C19H28O4.Na.H/c1-2-3-4-5-6-7-11-16-22-18(20)14-15-19(21)23-17-12-9-8-10-13-17;;/h8-10,12-13H,2-7,11,14-16H2,1H3;;/q;+1;-1. The molecule has 0 heterocycles. The molecule has 5 heteroatoms. The van der Waals surface area contributed by atoms with Gasteiger partial charge in [0.25, 0.3) is 0 Å². The van der Waals surface area contributed by atoms with Crippen molar-refractivity contribution >= 4 is 11.9 Å². The third kappa shape index (κ3) is 12.6. The van der Waals surface area contributed by atoms with Gasteiger partial charge in [-0.25, -0.2) is 0 Å². The van der Waals surface area contributed by atoms with Crippen LogP contribution in [0, 0.1) is 0 Å². The molecule has 0 N–H and O–H groups in total. The minimum atomic E-state index is -0.413. The third-order valence-corrected chi connectivity index (χ3v) is 3.52. The largest absolute Gasteiger partial charge is 1.00 e. The third-order valence-electron chi connectivity index (χ3n) is 3.52. The Morgan fingerprint density at radius 3 is 2.12 bits per heavy atom. The van der Waals surface area contributed by atoms with Crippen LogP contribution in [0.3, 0.4) is 0 Å². The molecule has 4 nitrogen and oxygen atoms in total. The monoisotopic (exact) mass is 344 g/mol. The van der Waals surface area contributed by atoms with E-state index >= 15 is 0 Å². The molecule has 130 valence electrons. The number of para-hydroxylation sites is 1. The Hall–Kier alpha value is -0.840. The fourth-order valence-electron chi connectivity index (χ4n) is 2.19. The first-order valence-corrected chi connectivity index (χ1v) is 8.63. The number of carbonyl (C=O) groups is 2. The maximum atomic E-state index is 11.6. The summed E-state index contributed by atoms with van der Waals surface area (Å²) in [6, 6.07) is 8.84. The molecule has 1 aromatic rings. The average molecular weight is 344 g/mol. The molecule has 0 amide bonds. The van der Waals surface area contributed by atoms with Crippen molar-refractivity contribution in [2.75, 3.05) is 6.61 Å². The molecule has 0 fully saturated rings. The van der Waals surface area contributed by atoms with Crippen LogP contribution in [0.15, 0.2) is 30.3 Å². The van der Waals surface area contributed by atoms with E-state index in [9.17, 15) is 9.59 Å². The van der Waals surface area contributed by atoms with Crippen LogP contribution < -0.4 is 34.3 Å². The Labute approximate surface area is 169 Å². The minimum absolute atomic E-state index is 0. The van der Waals surface area contributed by atoms with Crippen molar-refractivity contribution in [3.8, 4) is 5.75 Å². The predicted octanol–water partition coefficient (Wildman–Crippen LogP) is 1.78. The topological polar surface area (TPSA) is 52.6 Å². The molecule has 0 unspecified atom stereocenters. The maximum absolute atomic E-state index is 11.6. The van der Waals surface area contributed by atoms with Crippen LogP contribution >= 0.6 is 0 Å². The number of rotatable bonds is 12. The van der Waals surface area contributed by atoms with Gasteiger partial charge in [0, 0.05) is 0 Å². The second-order valence-corrected chi connectivity index (χ2v) is 5.63. The molecule has 0 aliphatic heterocycles. The zero-order valence-electron chi connectivity index (χ0n) is 16.1. The van der Waals surface area contributed by atoms with Crippen LogP contribution in [0.25, 0.3) is 0 Å². The molecule has 0 aliphatic rings. The van der Waals surface area contributed by atoms with E-state index in [4.69, 9.17) is 9.47 Å². The summed E-state index contributed by atoms with van der Waals surface area (Å²) in [4.78, 5) is 23.1. The van der Waals surface area contributed by atoms with E-state index in [0.717, 1.165) is 12.8 Å². The van der Waals surface area contributed by atoms with Crippen molar-refractivity contribution in [1.82, 2.24) is 0 Å². The van der Waals surface area contributed by atoms with Crippen molar-refractivity contribution in [2.24, 2.45) is 0 Å². The molecule has 1 rings (SSSR count). The van der Waals surface area contributed by atoms with Gasteiger partial charge in [-0.1, -0.05) is 63.6 Å². The van der Waals surface area contributed by atoms with E-state index in [0.29, 0.717) is 12.4 Å². The normalized spacial score (nSPS) is 9.88. The molecule has 1 aromatic carbocycles. The van der Waals surface area contributed by atoms with Gasteiger partial charge in [-0.15, -0.1) is 0 Å². The molecular weight excluding hydrogens is 315 g/mol. The first-order valence-electron chi connectivity index (χ1n) is 8.63. The zero-order chi connectivity index (χ0) is 16.8. The number of carbonyl (C=O) groups excluding carboxylic acids is 2. The van der Waals surface area contributed by atoms with E-state index in [2.05, 4.69) is 6.92 Å². The van der Waals surface area contributed by atoms with Crippen LogP contribution in [0.1, 0.15) is 66.1 Å². The van der Waals surface area contributed by atoms with Crippen molar-refractivity contribution < 1.29 is 50.0 Å². The second-order valence-electron chi connectivity index (χ2n) is 5.63. The summed E-state index contributed by atoms with van der Waals surface area (Å²) in [7, 11) is 0. The van der Waals surface area contributed by atoms with Crippen LogP contribution in [-0.4, -0.2) is 18.5 Å². The quantitative estimate of drug-likeness (QED) is 0.251. The summed E-state index contributed by atoms with van der Waals surface area (Å²) in [5.74, 6) is -0.251. The number of unbranched alkanes of at least 4 members (excludes halogenated alkanes) is 6. The summed E-state index contributed by atoms with van der Waals surface area (Å²) in [6.07, 6.45) is 8.40. The Kier molecular flexibility index (Phi) is 15.1. The van der Waals surface area contributed by atoms with Gasteiger partial charge in [-0.05, 0) is 18.6 Å². The Morgan fingerprint density at radius 1 is 0.875 bits per heavy atom. The van der Waals surface area contributed by atoms with Gasteiger partial charge in [0.2, 0.25) is 0 Å². The molecule has 0 saturated heterocycles. The Morgan fingerprint density at radius 2 is 1.46 bits per heavy atom. The number of ether oxygens (including phenoxy) is 2. The average Bonchev–Trinajstić information content (AvgIpc) is 2.56. The summed E-state index contributed by atoms with van der Waals surface area (Å²) < 4.78 is 10.2. The smallest absolute Gasteiger partial charge is 1.00 e. The van der Waals surface area contributed by atoms with Crippen LogP contribution in [0.2, 0.25) is 0 Å². The van der Waals surface area contributed by atoms with Gasteiger partial charge in [0.15, 0.2) is 0 Å². The molecule has 0 spiro atoms. The Balaban J connectivity index is 0. The predicted molar refractivity (Wildman–Crippen MR) is 91.4 cm³/mol. The minimum Gasteiger partial charge on any atom is -1.00 e. The molecule has 0 aromatic heterocycles. The van der Waals surface area contributed by atoms with Crippen molar-refractivity contribution in [3.05, 3.63) is 30.3 Å². The van der Waals surface area contributed by atoms with Crippen molar-refractivity contribution in [2.45, 2.75) is 64.7 Å². The molecule has 0 bridgehead atoms. The van der Waals surface area contributed by atoms with Gasteiger partial charge < -0.3 is 10.9 Å². The fourth-order valence-corrected chi connectivity index (χ4v) is 2.19. The van der Waals surface area contributed by atoms with E-state index < -0.39 is 5.97 Å².